The third kappa shape index (κ3) is 2.93. The summed E-state index contributed by atoms with van der Waals surface area (Å²) in [5, 5.41) is 5.97. The molecule has 4 rings (SSSR count). The van der Waals surface area contributed by atoms with Gasteiger partial charge in [0.2, 0.25) is 0 Å². The summed E-state index contributed by atoms with van der Waals surface area (Å²) in [4.78, 5) is 21.1. The molecule has 0 unspecified atom stereocenters. The van der Waals surface area contributed by atoms with Gasteiger partial charge >= 0.3 is 6.03 Å². The molecule has 2 aromatic rings. The highest BCUT2D eigenvalue weighted by molar-refractivity contribution is 5.90. The first-order valence-corrected chi connectivity index (χ1v) is 8.18. The smallest absolute Gasteiger partial charge is 0.319 e. The summed E-state index contributed by atoms with van der Waals surface area (Å²) < 4.78 is 5.47. The van der Waals surface area contributed by atoms with Gasteiger partial charge in [0.25, 0.3) is 0 Å². The number of hydrogen-bond donors (Lipinski definition) is 2. The van der Waals surface area contributed by atoms with E-state index in [1.54, 1.807) is 12.5 Å². The zero-order chi connectivity index (χ0) is 15.8. The van der Waals surface area contributed by atoms with Crippen LogP contribution in [0.4, 0.5) is 10.5 Å². The highest BCUT2D eigenvalue weighted by atomic mass is 16.3. The number of fused-ring (bicyclic) bond motifs is 1. The summed E-state index contributed by atoms with van der Waals surface area (Å²) in [5.41, 5.74) is 2.77. The van der Waals surface area contributed by atoms with Crippen LogP contribution in [0.2, 0.25) is 0 Å². The zero-order valence-corrected chi connectivity index (χ0v) is 13.1. The van der Waals surface area contributed by atoms with E-state index in [0.29, 0.717) is 5.92 Å². The normalized spacial score (nSPS) is 20.0. The van der Waals surface area contributed by atoms with Gasteiger partial charge in [-0.25, -0.2) is 14.8 Å². The Morgan fingerprint density at radius 3 is 3.04 bits per heavy atom. The molecule has 0 radical (unpaired) electrons. The molecule has 0 spiro atoms. The number of urea groups is 1. The first-order valence-electron chi connectivity index (χ1n) is 8.18. The Balaban J connectivity index is 1.47. The lowest BCUT2D eigenvalue weighted by molar-refractivity contribution is 0.246. The third-order valence-electron chi connectivity index (χ3n) is 4.51. The van der Waals surface area contributed by atoms with Gasteiger partial charge in [-0.3, -0.25) is 0 Å². The predicted molar refractivity (Wildman–Crippen MR) is 85.3 cm³/mol. The maximum Gasteiger partial charge on any atom is 0.319 e. The number of amides is 2. The predicted octanol–water partition coefficient (Wildman–Crippen LogP) is 3.45. The van der Waals surface area contributed by atoms with E-state index in [0.717, 1.165) is 60.6 Å². The van der Waals surface area contributed by atoms with Crippen LogP contribution in [-0.4, -0.2) is 16.0 Å². The largest absolute Gasteiger partial charge is 0.469 e. The van der Waals surface area contributed by atoms with Crippen LogP contribution >= 0.6 is 0 Å². The fourth-order valence-electron chi connectivity index (χ4n) is 3.20. The van der Waals surface area contributed by atoms with Crippen LogP contribution in [-0.2, 0) is 6.42 Å². The van der Waals surface area contributed by atoms with Crippen molar-refractivity contribution in [3.63, 3.8) is 0 Å². The minimum absolute atomic E-state index is 0.00763. The summed E-state index contributed by atoms with van der Waals surface area (Å²) in [6.07, 6.45) is 8.56. The van der Waals surface area contributed by atoms with Crippen LogP contribution in [0.3, 0.4) is 0 Å². The molecule has 23 heavy (non-hydrogen) atoms. The van der Waals surface area contributed by atoms with Crippen molar-refractivity contribution in [1.29, 1.82) is 0 Å². The fraction of sp³-hybridized carbons (Fsp3) is 0.471. The topological polar surface area (TPSA) is 80.0 Å². The lowest BCUT2D eigenvalue weighted by Gasteiger charge is -2.23. The molecule has 2 N–H and O–H groups in total. The van der Waals surface area contributed by atoms with E-state index in [9.17, 15) is 4.79 Å². The van der Waals surface area contributed by atoms with E-state index in [1.165, 1.54) is 0 Å². The fourth-order valence-corrected chi connectivity index (χ4v) is 3.20. The first kappa shape index (κ1) is 14.2. The van der Waals surface area contributed by atoms with E-state index in [-0.39, 0.29) is 12.1 Å². The number of carbonyl (C=O) groups is 1. The van der Waals surface area contributed by atoms with Crippen molar-refractivity contribution < 1.29 is 9.21 Å². The van der Waals surface area contributed by atoms with Crippen molar-refractivity contribution in [3.8, 4) is 0 Å². The van der Waals surface area contributed by atoms with Gasteiger partial charge in [-0.15, -0.1) is 0 Å². The molecule has 1 saturated carbocycles. The molecule has 0 bridgehead atoms. The van der Waals surface area contributed by atoms with Crippen molar-refractivity contribution in [1.82, 2.24) is 15.3 Å². The molecule has 2 aliphatic carbocycles. The van der Waals surface area contributed by atoms with Crippen LogP contribution in [0, 0.1) is 6.92 Å². The van der Waals surface area contributed by atoms with E-state index in [2.05, 4.69) is 20.6 Å². The molecule has 2 aromatic heterocycles. The number of nitrogens with zero attached hydrogens (tertiary/aromatic N) is 2. The monoisotopic (exact) mass is 312 g/mol. The number of rotatable bonds is 3. The van der Waals surface area contributed by atoms with Gasteiger partial charge < -0.3 is 15.1 Å². The van der Waals surface area contributed by atoms with Crippen molar-refractivity contribution in [3.05, 3.63) is 41.4 Å². The van der Waals surface area contributed by atoms with E-state index >= 15 is 0 Å². The van der Waals surface area contributed by atoms with Gasteiger partial charge in [0, 0.05) is 17.9 Å². The number of furan rings is 1. The van der Waals surface area contributed by atoms with Gasteiger partial charge in [-0.1, -0.05) is 0 Å². The molecular formula is C17H20N4O2. The molecule has 2 heterocycles. The minimum Gasteiger partial charge on any atom is -0.469 e. The van der Waals surface area contributed by atoms with Crippen molar-refractivity contribution in [2.45, 2.75) is 51.0 Å². The van der Waals surface area contributed by atoms with Crippen LogP contribution in [0.15, 0.2) is 22.9 Å². The zero-order valence-electron chi connectivity index (χ0n) is 13.1. The highest BCUT2D eigenvalue weighted by Gasteiger charge is 2.29. The van der Waals surface area contributed by atoms with Gasteiger partial charge in [0.1, 0.15) is 11.6 Å². The number of aromatic nitrogens is 2. The van der Waals surface area contributed by atoms with Gasteiger partial charge in [0.05, 0.1) is 29.9 Å². The molecule has 120 valence electrons. The number of carbonyl (C=O) groups excluding carboxylic acids is 1. The summed E-state index contributed by atoms with van der Waals surface area (Å²) in [6.45, 7) is 1.87. The Morgan fingerprint density at radius 2 is 2.22 bits per heavy atom. The Morgan fingerprint density at radius 1 is 1.35 bits per heavy atom. The van der Waals surface area contributed by atoms with Crippen molar-refractivity contribution >= 4 is 11.7 Å². The SMILES string of the molecule is Cc1ncc(NC(=O)N[C@H]2CCCc3occc32)c(C2CC2)n1. The van der Waals surface area contributed by atoms with Crippen LogP contribution < -0.4 is 10.6 Å². The van der Waals surface area contributed by atoms with Crippen molar-refractivity contribution in [2.75, 3.05) is 5.32 Å². The standard InChI is InChI=1S/C17H20N4O2/c1-10-18-9-14(16(19-10)11-5-6-11)21-17(22)20-13-3-2-4-15-12(13)7-8-23-15/h7-9,11,13H,2-6H2,1H3,(H2,20,21,22)/t13-/m0/s1. The molecule has 2 amide bonds. The van der Waals surface area contributed by atoms with Crippen LogP contribution in [0.25, 0.3) is 0 Å². The summed E-state index contributed by atoms with van der Waals surface area (Å²) in [5.74, 6) is 2.19. The molecule has 2 aliphatic rings. The van der Waals surface area contributed by atoms with Crippen LogP contribution in [0.5, 0.6) is 0 Å². The number of nitrogens with one attached hydrogen (secondary N) is 2. The second-order valence-corrected chi connectivity index (χ2v) is 6.33. The third-order valence-corrected chi connectivity index (χ3v) is 4.51. The molecule has 1 atom stereocenters. The second kappa shape index (κ2) is 5.68. The summed E-state index contributed by atoms with van der Waals surface area (Å²) >= 11 is 0. The van der Waals surface area contributed by atoms with E-state index in [4.69, 9.17) is 4.42 Å². The lowest BCUT2D eigenvalue weighted by Crippen LogP contribution is -2.34. The summed E-state index contributed by atoms with van der Waals surface area (Å²) in [7, 11) is 0. The molecular weight excluding hydrogens is 292 g/mol. The molecule has 0 aliphatic heterocycles. The number of anilines is 1. The lowest BCUT2D eigenvalue weighted by atomic mass is 9.93. The maximum atomic E-state index is 12.4. The van der Waals surface area contributed by atoms with Gasteiger partial charge in [-0.05, 0) is 38.7 Å². The Labute approximate surface area is 134 Å². The van der Waals surface area contributed by atoms with Gasteiger partial charge in [0.15, 0.2) is 0 Å². The Hall–Kier alpha value is -2.37. The molecule has 0 saturated heterocycles. The number of aryl methyl sites for hydroxylation is 2. The van der Waals surface area contributed by atoms with Crippen LogP contribution in [0.1, 0.15) is 60.5 Å². The van der Waals surface area contributed by atoms with E-state index in [1.807, 2.05) is 13.0 Å². The second-order valence-electron chi connectivity index (χ2n) is 6.33. The molecule has 0 aromatic carbocycles. The average Bonchev–Trinajstić information content (AvgIpc) is 3.26. The Kier molecular flexibility index (Phi) is 3.52. The minimum atomic E-state index is -0.210. The maximum absolute atomic E-state index is 12.4. The number of hydrogen-bond acceptors (Lipinski definition) is 4. The summed E-state index contributed by atoms with van der Waals surface area (Å²) in [6, 6.07) is 1.75. The van der Waals surface area contributed by atoms with E-state index < -0.39 is 0 Å². The van der Waals surface area contributed by atoms with Gasteiger partial charge in [-0.2, -0.15) is 0 Å². The highest BCUT2D eigenvalue weighted by Crippen LogP contribution is 2.42. The molecule has 1 fully saturated rings. The van der Waals surface area contributed by atoms with Crippen molar-refractivity contribution in [2.24, 2.45) is 0 Å². The molecule has 6 nitrogen and oxygen atoms in total. The first-order chi connectivity index (χ1) is 11.2. The Bertz CT molecular complexity index is 736. The average molecular weight is 312 g/mol. The quantitative estimate of drug-likeness (QED) is 0.909. The molecule has 6 heteroatoms.